The molecule has 1 heterocycles. The largest absolute Gasteiger partial charge is 0.392 e. The van der Waals surface area contributed by atoms with Gasteiger partial charge >= 0.3 is 0 Å². The summed E-state index contributed by atoms with van der Waals surface area (Å²) in [5.41, 5.74) is 0. The molecule has 0 aromatic carbocycles. The molecule has 2 rings (SSSR count). The molecule has 0 aromatic heterocycles. The van der Waals surface area contributed by atoms with Gasteiger partial charge in [-0.05, 0) is 18.8 Å². The molecule has 5 nitrogen and oxygen atoms in total. The lowest BCUT2D eigenvalue weighted by molar-refractivity contribution is 0.0536. The predicted molar refractivity (Wildman–Crippen MR) is 70.8 cm³/mol. The summed E-state index contributed by atoms with van der Waals surface area (Å²) in [6.07, 6.45) is 5.79. The number of aliphatic hydroxyl groups is 1. The SMILES string of the molecule is CS(=O)(=O)N1CCN(CC(O)C2CCCC2)CC1. The molecule has 2 aliphatic rings. The van der Waals surface area contributed by atoms with Crippen LogP contribution in [0.15, 0.2) is 0 Å². The lowest BCUT2D eigenvalue weighted by atomic mass is 10.0. The van der Waals surface area contributed by atoms with Gasteiger partial charge < -0.3 is 5.11 Å². The number of aliphatic hydroxyl groups excluding tert-OH is 1. The molecule has 18 heavy (non-hydrogen) atoms. The van der Waals surface area contributed by atoms with Gasteiger partial charge in [0, 0.05) is 32.7 Å². The van der Waals surface area contributed by atoms with E-state index < -0.39 is 10.0 Å². The van der Waals surface area contributed by atoms with Gasteiger partial charge in [-0.3, -0.25) is 4.90 Å². The normalized spacial score (nSPS) is 26.6. The van der Waals surface area contributed by atoms with Crippen LogP contribution in [-0.4, -0.2) is 67.8 Å². The minimum atomic E-state index is -3.05. The van der Waals surface area contributed by atoms with Crippen LogP contribution in [-0.2, 0) is 10.0 Å². The number of piperazine rings is 1. The van der Waals surface area contributed by atoms with Crippen molar-refractivity contribution >= 4 is 10.0 Å². The predicted octanol–water partition coefficient (Wildman–Crippen LogP) is 0.115. The van der Waals surface area contributed by atoms with Crippen molar-refractivity contribution in [2.24, 2.45) is 5.92 Å². The van der Waals surface area contributed by atoms with E-state index in [4.69, 9.17) is 0 Å². The van der Waals surface area contributed by atoms with Gasteiger partial charge in [0.1, 0.15) is 0 Å². The Hall–Kier alpha value is -0.170. The van der Waals surface area contributed by atoms with Crippen LogP contribution in [0, 0.1) is 5.92 Å². The smallest absolute Gasteiger partial charge is 0.211 e. The molecule has 1 N–H and O–H groups in total. The van der Waals surface area contributed by atoms with E-state index in [9.17, 15) is 13.5 Å². The van der Waals surface area contributed by atoms with Crippen molar-refractivity contribution in [1.29, 1.82) is 0 Å². The summed E-state index contributed by atoms with van der Waals surface area (Å²) < 4.78 is 24.3. The number of nitrogens with zero attached hydrogens (tertiary/aromatic N) is 2. The number of rotatable bonds is 4. The molecule has 1 aliphatic heterocycles. The zero-order valence-corrected chi connectivity index (χ0v) is 11.9. The minimum absolute atomic E-state index is 0.239. The molecule has 106 valence electrons. The van der Waals surface area contributed by atoms with Gasteiger partial charge in [-0.1, -0.05) is 12.8 Å². The van der Waals surface area contributed by atoms with Crippen LogP contribution in [0.1, 0.15) is 25.7 Å². The fourth-order valence-corrected chi connectivity index (χ4v) is 3.83. The van der Waals surface area contributed by atoms with Gasteiger partial charge in [-0.15, -0.1) is 0 Å². The van der Waals surface area contributed by atoms with Crippen molar-refractivity contribution in [3.05, 3.63) is 0 Å². The topological polar surface area (TPSA) is 60.9 Å². The number of hydrogen-bond donors (Lipinski definition) is 1. The van der Waals surface area contributed by atoms with Gasteiger partial charge in [0.05, 0.1) is 12.4 Å². The van der Waals surface area contributed by atoms with Gasteiger partial charge in [-0.2, -0.15) is 4.31 Å². The Kier molecular flexibility index (Phi) is 4.64. The summed E-state index contributed by atoms with van der Waals surface area (Å²) in [6, 6.07) is 0. The average molecular weight is 276 g/mol. The number of β-amino-alcohol motifs (C(OH)–C–C–N with tert-alkyl or cyclic N) is 1. The molecular weight excluding hydrogens is 252 g/mol. The Labute approximate surface area is 110 Å². The molecule has 6 heteroatoms. The van der Waals surface area contributed by atoms with E-state index in [-0.39, 0.29) is 6.10 Å². The molecule has 0 bridgehead atoms. The third kappa shape index (κ3) is 3.66. The van der Waals surface area contributed by atoms with Crippen molar-refractivity contribution in [2.75, 3.05) is 39.0 Å². The maximum Gasteiger partial charge on any atom is 0.211 e. The second-order valence-electron chi connectivity index (χ2n) is 5.57. The molecule has 1 saturated heterocycles. The molecule has 1 unspecified atom stereocenters. The molecular formula is C12H24N2O3S. The zero-order chi connectivity index (χ0) is 13.2. The lowest BCUT2D eigenvalue weighted by Crippen LogP contribution is -2.50. The molecule has 1 saturated carbocycles. The third-order valence-corrected chi connectivity index (χ3v) is 5.49. The summed E-state index contributed by atoms with van der Waals surface area (Å²) in [5.74, 6) is 0.456. The first-order valence-corrected chi connectivity index (χ1v) is 8.67. The summed E-state index contributed by atoms with van der Waals surface area (Å²) >= 11 is 0. The average Bonchev–Trinajstić information content (AvgIpc) is 2.82. The zero-order valence-electron chi connectivity index (χ0n) is 11.1. The highest BCUT2D eigenvalue weighted by atomic mass is 32.2. The second kappa shape index (κ2) is 5.86. The van der Waals surface area contributed by atoms with E-state index in [1.807, 2.05) is 0 Å². The van der Waals surface area contributed by atoms with E-state index in [0.29, 0.717) is 25.6 Å². The van der Waals surface area contributed by atoms with E-state index in [2.05, 4.69) is 4.90 Å². The first kappa shape index (κ1) is 14.2. The first-order chi connectivity index (χ1) is 8.47. The van der Waals surface area contributed by atoms with Crippen LogP contribution in [0.3, 0.4) is 0 Å². The van der Waals surface area contributed by atoms with Gasteiger partial charge in [0.2, 0.25) is 10.0 Å². The Morgan fingerprint density at radius 3 is 2.22 bits per heavy atom. The minimum Gasteiger partial charge on any atom is -0.392 e. The highest BCUT2D eigenvalue weighted by molar-refractivity contribution is 7.88. The number of sulfonamides is 1. The summed E-state index contributed by atoms with van der Waals surface area (Å²) in [7, 11) is -3.05. The third-order valence-electron chi connectivity index (χ3n) is 4.19. The monoisotopic (exact) mass is 276 g/mol. The van der Waals surface area contributed by atoms with Gasteiger partial charge in [-0.25, -0.2) is 8.42 Å². The Morgan fingerprint density at radius 1 is 1.17 bits per heavy atom. The Bertz CT molecular complexity index is 358. The molecule has 1 aliphatic carbocycles. The maximum atomic E-state index is 11.4. The molecule has 0 amide bonds. The standard InChI is InChI=1S/C12H24N2O3S/c1-18(16,17)14-8-6-13(7-9-14)10-12(15)11-4-2-3-5-11/h11-12,15H,2-10H2,1H3. The van der Waals surface area contributed by atoms with Crippen molar-refractivity contribution in [2.45, 2.75) is 31.8 Å². The summed E-state index contributed by atoms with van der Waals surface area (Å²) in [6.45, 7) is 3.27. The molecule has 0 aromatic rings. The Morgan fingerprint density at radius 2 is 1.72 bits per heavy atom. The first-order valence-electron chi connectivity index (χ1n) is 6.82. The van der Waals surface area contributed by atoms with E-state index in [1.54, 1.807) is 0 Å². The summed E-state index contributed by atoms with van der Waals surface area (Å²) in [4.78, 5) is 2.19. The van der Waals surface area contributed by atoms with Gasteiger partial charge in [0.25, 0.3) is 0 Å². The van der Waals surface area contributed by atoms with Crippen LogP contribution in [0.2, 0.25) is 0 Å². The molecule has 1 atom stereocenters. The van der Waals surface area contributed by atoms with Crippen LogP contribution in [0.25, 0.3) is 0 Å². The lowest BCUT2D eigenvalue weighted by Gasteiger charge is -2.35. The molecule has 0 radical (unpaired) electrons. The van der Waals surface area contributed by atoms with Crippen molar-refractivity contribution in [3.63, 3.8) is 0 Å². The van der Waals surface area contributed by atoms with Crippen molar-refractivity contribution in [1.82, 2.24) is 9.21 Å². The Balaban J connectivity index is 1.76. The molecule has 2 fully saturated rings. The highest BCUT2D eigenvalue weighted by Gasteiger charge is 2.28. The fourth-order valence-electron chi connectivity index (χ4n) is 3.00. The van der Waals surface area contributed by atoms with Crippen LogP contribution < -0.4 is 0 Å². The van der Waals surface area contributed by atoms with Crippen LogP contribution in [0.5, 0.6) is 0 Å². The highest BCUT2D eigenvalue weighted by Crippen LogP contribution is 2.28. The van der Waals surface area contributed by atoms with Crippen molar-refractivity contribution < 1.29 is 13.5 Å². The maximum absolute atomic E-state index is 11.4. The fraction of sp³-hybridized carbons (Fsp3) is 1.00. The van der Waals surface area contributed by atoms with Gasteiger partial charge in [0.15, 0.2) is 0 Å². The quantitative estimate of drug-likeness (QED) is 0.792. The number of hydrogen-bond acceptors (Lipinski definition) is 4. The summed E-state index contributed by atoms with van der Waals surface area (Å²) in [5, 5.41) is 10.2. The second-order valence-corrected chi connectivity index (χ2v) is 7.56. The van der Waals surface area contributed by atoms with E-state index in [1.165, 1.54) is 23.4 Å². The van der Waals surface area contributed by atoms with Crippen LogP contribution in [0.4, 0.5) is 0 Å². The van der Waals surface area contributed by atoms with Crippen molar-refractivity contribution in [3.8, 4) is 0 Å². The molecule has 0 spiro atoms. The van der Waals surface area contributed by atoms with Crippen LogP contribution >= 0.6 is 0 Å². The van der Waals surface area contributed by atoms with E-state index >= 15 is 0 Å². The van der Waals surface area contributed by atoms with E-state index in [0.717, 1.165) is 25.9 Å².